The van der Waals surface area contributed by atoms with Crippen LogP contribution in [-0.4, -0.2) is 52.5 Å². The molecule has 6 rings (SSSR count). The molecule has 10 nitrogen and oxygen atoms in total. The van der Waals surface area contributed by atoms with Gasteiger partial charge in [0.25, 0.3) is 0 Å². The largest absolute Gasteiger partial charge is 0.482 e. The van der Waals surface area contributed by atoms with Crippen molar-refractivity contribution in [1.82, 2.24) is 9.97 Å². The van der Waals surface area contributed by atoms with E-state index in [4.69, 9.17) is 52.1 Å². The highest BCUT2D eigenvalue weighted by atomic mass is 35.5. The van der Waals surface area contributed by atoms with Gasteiger partial charge in [-0.1, -0.05) is 23.2 Å². The van der Waals surface area contributed by atoms with Gasteiger partial charge >= 0.3 is 11.9 Å². The van der Waals surface area contributed by atoms with Gasteiger partial charge in [-0.3, -0.25) is 0 Å². The number of carbonyl (C=O) groups is 2. The van der Waals surface area contributed by atoms with E-state index in [1.807, 2.05) is 109 Å². The summed E-state index contributed by atoms with van der Waals surface area (Å²) in [5, 5.41) is 11.7. The van der Waals surface area contributed by atoms with Crippen LogP contribution in [0, 0.1) is 0 Å². The predicted molar refractivity (Wildman–Crippen MR) is 208 cm³/mol. The highest BCUT2D eigenvalue weighted by molar-refractivity contribution is 6.32. The number of benzene rings is 4. The highest BCUT2D eigenvalue weighted by Gasteiger charge is 2.20. The zero-order valence-corrected chi connectivity index (χ0v) is 31.5. The number of esters is 2. The van der Waals surface area contributed by atoms with Gasteiger partial charge in [0.15, 0.2) is 13.2 Å². The summed E-state index contributed by atoms with van der Waals surface area (Å²) >= 11 is 12.8. The molecule has 0 amide bonds. The van der Waals surface area contributed by atoms with E-state index in [-0.39, 0.29) is 19.4 Å². The maximum atomic E-state index is 12.4. The van der Waals surface area contributed by atoms with E-state index < -0.39 is 23.1 Å². The summed E-state index contributed by atoms with van der Waals surface area (Å²) in [6.07, 6.45) is -0.369. The zero-order chi connectivity index (χ0) is 37.4. The Hall–Kier alpha value is -5.06. The number of halogens is 2. The molecule has 0 saturated heterocycles. The van der Waals surface area contributed by atoms with Crippen molar-refractivity contribution in [3.8, 4) is 11.5 Å². The summed E-state index contributed by atoms with van der Waals surface area (Å²) < 4.78 is 22.5. The minimum absolute atomic E-state index is 0.240. The second kappa shape index (κ2) is 14.5. The monoisotopic (exact) mass is 742 g/mol. The minimum atomic E-state index is -0.624. The van der Waals surface area contributed by atoms with Crippen molar-refractivity contribution in [2.75, 3.05) is 23.8 Å². The van der Waals surface area contributed by atoms with Gasteiger partial charge in [0, 0.05) is 31.6 Å². The standard InChI is InChI=1S/C40H40Cl2N4O6/c1-22(43-37-27-12-8-23(41)16-33(27)45-31-14-10-25(18-29(31)37)49-20-35(47)51-39(2,3)4)44-38-28-13-9-24(42)17-34(28)46-32-15-11-26(19-30(32)38)50-21-36(48)52-40(5,6)7/h8-19,22H,20-21H2,1-7H3,(H,43,45)(H,44,46). The van der Waals surface area contributed by atoms with E-state index in [1.165, 1.54) is 0 Å². The SMILES string of the molecule is CC(Nc1c2ccc(Cl)cc2nc2ccc(OCC(=O)OC(C)(C)C)cc12)Nc1c2ccc(Cl)cc2nc2ccc(OCC(=O)OC(C)(C)C)cc12. The zero-order valence-electron chi connectivity index (χ0n) is 30.0. The lowest BCUT2D eigenvalue weighted by atomic mass is 10.1. The van der Waals surface area contributed by atoms with Crippen molar-refractivity contribution in [3.05, 3.63) is 82.8 Å². The van der Waals surface area contributed by atoms with Gasteiger partial charge in [0.1, 0.15) is 22.7 Å². The molecule has 2 N–H and O–H groups in total. The summed E-state index contributed by atoms with van der Waals surface area (Å²) in [6, 6.07) is 22.0. The first-order chi connectivity index (χ1) is 24.5. The lowest BCUT2D eigenvalue weighted by Gasteiger charge is -2.23. The number of rotatable bonds is 10. The Morgan fingerprint density at radius 3 is 1.38 bits per heavy atom. The van der Waals surface area contributed by atoms with Crippen molar-refractivity contribution in [2.24, 2.45) is 0 Å². The number of pyridine rings is 2. The molecular formula is C40H40Cl2N4O6. The molecule has 2 heterocycles. The fraction of sp³-hybridized carbons (Fsp3) is 0.300. The number of aromatic nitrogens is 2. The minimum Gasteiger partial charge on any atom is -0.482 e. The Kier molecular flexibility index (Phi) is 10.3. The Bertz CT molecular complexity index is 2170. The van der Waals surface area contributed by atoms with Crippen LogP contribution in [0.1, 0.15) is 48.5 Å². The molecule has 270 valence electrons. The lowest BCUT2D eigenvalue weighted by Crippen LogP contribution is -2.27. The van der Waals surface area contributed by atoms with Crippen LogP contribution in [0.25, 0.3) is 43.6 Å². The number of nitrogens with one attached hydrogen (secondary N) is 2. The number of nitrogens with zero attached hydrogens (tertiary/aromatic N) is 2. The first-order valence-electron chi connectivity index (χ1n) is 16.8. The van der Waals surface area contributed by atoms with Crippen LogP contribution in [0.4, 0.5) is 11.4 Å². The quantitative estimate of drug-likeness (QED) is 0.0797. The van der Waals surface area contributed by atoms with Crippen LogP contribution in [0.5, 0.6) is 11.5 Å². The molecule has 0 unspecified atom stereocenters. The van der Waals surface area contributed by atoms with Gasteiger partial charge in [0.05, 0.1) is 39.6 Å². The highest BCUT2D eigenvalue weighted by Crippen LogP contribution is 2.37. The third-order valence-electron chi connectivity index (χ3n) is 7.69. The molecule has 0 aliphatic carbocycles. The Morgan fingerprint density at radius 1 is 0.596 bits per heavy atom. The molecule has 0 spiro atoms. The smallest absolute Gasteiger partial charge is 0.344 e. The third kappa shape index (κ3) is 8.86. The topological polar surface area (TPSA) is 121 Å². The van der Waals surface area contributed by atoms with Crippen molar-refractivity contribution in [3.63, 3.8) is 0 Å². The number of hydrogen-bond donors (Lipinski definition) is 2. The van der Waals surface area contributed by atoms with E-state index in [9.17, 15) is 9.59 Å². The van der Waals surface area contributed by atoms with Gasteiger partial charge < -0.3 is 29.6 Å². The van der Waals surface area contributed by atoms with Crippen LogP contribution < -0.4 is 20.1 Å². The number of ether oxygens (including phenoxy) is 4. The van der Waals surface area contributed by atoms with Crippen LogP contribution in [0.2, 0.25) is 10.0 Å². The number of carbonyl (C=O) groups excluding carboxylic acids is 2. The van der Waals surface area contributed by atoms with Crippen molar-refractivity contribution < 1.29 is 28.5 Å². The van der Waals surface area contributed by atoms with E-state index in [1.54, 1.807) is 12.1 Å². The second-order valence-electron chi connectivity index (χ2n) is 14.4. The summed E-state index contributed by atoms with van der Waals surface area (Å²) in [4.78, 5) is 34.5. The number of hydrogen-bond acceptors (Lipinski definition) is 10. The molecule has 12 heteroatoms. The third-order valence-corrected chi connectivity index (χ3v) is 8.16. The molecule has 6 aromatic rings. The van der Waals surface area contributed by atoms with Crippen LogP contribution in [0.15, 0.2) is 72.8 Å². The molecule has 0 aliphatic heterocycles. The van der Waals surface area contributed by atoms with Crippen molar-refractivity contribution in [1.29, 1.82) is 0 Å². The Morgan fingerprint density at radius 2 is 1.00 bits per heavy atom. The summed E-state index contributed by atoms with van der Waals surface area (Å²) in [5.74, 6) is 0.0381. The predicted octanol–water partition coefficient (Wildman–Crippen LogP) is 9.71. The summed E-state index contributed by atoms with van der Waals surface area (Å²) in [5.41, 5.74) is 3.14. The Balaban J connectivity index is 1.36. The normalized spacial score (nSPS) is 12.0. The lowest BCUT2D eigenvalue weighted by molar-refractivity contribution is -0.158. The molecule has 0 saturated carbocycles. The van der Waals surface area contributed by atoms with Crippen molar-refractivity contribution >= 4 is 90.1 Å². The fourth-order valence-corrected chi connectivity index (χ4v) is 6.11. The van der Waals surface area contributed by atoms with Crippen molar-refractivity contribution in [2.45, 2.75) is 65.8 Å². The van der Waals surface area contributed by atoms with E-state index >= 15 is 0 Å². The average Bonchev–Trinajstić information content (AvgIpc) is 3.04. The van der Waals surface area contributed by atoms with E-state index in [2.05, 4.69) is 10.6 Å². The van der Waals surface area contributed by atoms with Gasteiger partial charge in [-0.2, -0.15) is 0 Å². The van der Waals surface area contributed by atoms with Gasteiger partial charge in [-0.25, -0.2) is 19.6 Å². The molecule has 0 aliphatic rings. The second-order valence-corrected chi connectivity index (χ2v) is 15.3. The number of anilines is 2. The van der Waals surface area contributed by atoms with E-state index in [0.29, 0.717) is 43.6 Å². The molecule has 4 aromatic carbocycles. The number of fused-ring (bicyclic) bond motifs is 4. The molecule has 52 heavy (non-hydrogen) atoms. The average molecular weight is 744 g/mol. The molecule has 0 bridgehead atoms. The summed E-state index contributed by atoms with van der Waals surface area (Å²) in [6.45, 7) is 12.4. The first-order valence-corrected chi connectivity index (χ1v) is 17.6. The first kappa shape index (κ1) is 36.7. The molecule has 0 radical (unpaired) electrons. The fourth-order valence-electron chi connectivity index (χ4n) is 5.78. The van der Waals surface area contributed by atoms with Gasteiger partial charge in [-0.15, -0.1) is 0 Å². The Labute approximate surface area is 311 Å². The maximum absolute atomic E-state index is 12.4. The van der Waals surface area contributed by atoms with Crippen LogP contribution >= 0.6 is 23.2 Å². The van der Waals surface area contributed by atoms with Gasteiger partial charge in [0.2, 0.25) is 0 Å². The molecule has 0 fully saturated rings. The maximum Gasteiger partial charge on any atom is 0.344 e. The van der Waals surface area contributed by atoms with Crippen LogP contribution in [-0.2, 0) is 19.1 Å². The molecule has 2 aromatic heterocycles. The molecular weight excluding hydrogens is 703 g/mol. The van der Waals surface area contributed by atoms with Crippen LogP contribution in [0.3, 0.4) is 0 Å². The molecule has 0 atom stereocenters. The van der Waals surface area contributed by atoms with E-state index in [0.717, 1.165) is 32.9 Å². The van der Waals surface area contributed by atoms with Gasteiger partial charge in [-0.05, 0) is 121 Å². The summed E-state index contributed by atoms with van der Waals surface area (Å²) in [7, 11) is 0.